The predicted molar refractivity (Wildman–Crippen MR) is 89.0 cm³/mol. The third-order valence-corrected chi connectivity index (χ3v) is 3.69. The summed E-state index contributed by atoms with van der Waals surface area (Å²) in [5, 5.41) is 17.0. The standard InChI is InChI=1S/C18H32O4/c19-17(20)15-13-11-9-7-5-3-1-2-4-6-8-10-12-14-16-18(21)22/h7,9H,1-6,8,10-16H2,(H,19,20)(H,21,22). The highest BCUT2D eigenvalue weighted by Crippen LogP contribution is 2.11. The second-order valence-electron chi connectivity index (χ2n) is 5.87. The first-order chi connectivity index (χ1) is 10.6. The molecule has 22 heavy (non-hydrogen) atoms. The SMILES string of the molecule is O=C(O)CCCC=CCCCCCCCCCCCC(=O)O. The molecule has 0 aromatic heterocycles. The summed E-state index contributed by atoms with van der Waals surface area (Å²) in [6.07, 6.45) is 18.1. The van der Waals surface area contributed by atoms with E-state index in [0.717, 1.165) is 38.5 Å². The number of rotatable bonds is 16. The molecule has 0 aromatic carbocycles. The second kappa shape index (κ2) is 16.1. The molecule has 0 atom stereocenters. The Morgan fingerprint density at radius 3 is 1.41 bits per heavy atom. The Balaban J connectivity index is 3.09. The Morgan fingerprint density at radius 1 is 0.545 bits per heavy atom. The second-order valence-corrected chi connectivity index (χ2v) is 5.87. The minimum Gasteiger partial charge on any atom is -0.481 e. The van der Waals surface area contributed by atoms with Gasteiger partial charge in [0.15, 0.2) is 0 Å². The Hall–Kier alpha value is -1.32. The van der Waals surface area contributed by atoms with Gasteiger partial charge in [-0.05, 0) is 32.1 Å². The van der Waals surface area contributed by atoms with Crippen molar-refractivity contribution in [2.45, 2.75) is 89.9 Å². The van der Waals surface area contributed by atoms with Crippen LogP contribution in [-0.2, 0) is 9.59 Å². The van der Waals surface area contributed by atoms with Crippen LogP contribution in [0.15, 0.2) is 12.2 Å². The molecule has 0 heterocycles. The molecule has 2 N–H and O–H groups in total. The number of unbranched alkanes of at least 4 members (excludes halogenated alkanes) is 10. The van der Waals surface area contributed by atoms with Gasteiger partial charge in [0.25, 0.3) is 0 Å². The summed E-state index contributed by atoms with van der Waals surface area (Å²) < 4.78 is 0. The maximum Gasteiger partial charge on any atom is 0.303 e. The molecule has 0 aromatic rings. The molecule has 0 saturated heterocycles. The lowest BCUT2D eigenvalue weighted by Crippen LogP contribution is -1.93. The zero-order valence-electron chi connectivity index (χ0n) is 13.8. The number of hydrogen-bond donors (Lipinski definition) is 2. The van der Waals surface area contributed by atoms with Crippen LogP contribution in [0.3, 0.4) is 0 Å². The summed E-state index contributed by atoms with van der Waals surface area (Å²) in [4.78, 5) is 20.6. The smallest absolute Gasteiger partial charge is 0.303 e. The molecular formula is C18H32O4. The number of aliphatic carboxylic acids is 2. The van der Waals surface area contributed by atoms with Gasteiger partial charge in [-0.3, -0.25) is 9.59 Å². The molecule has 0 saturated carbocycles. The minimum absolute atomic E-state index is 0.265. The quantitative estimate of drug-likeness (QED) is 0.304. The van der Waals surface area contributed by atoms with E-state index < -0.39 is 11.9 Å². The first kappa shape index (κ1) is 20.7. The van der Waals surface area contributed by atoms with Crippen molar-refractivity contribution < 1.29 is 19.8 Å². The number of hydrogen-bond acceptors (Lipinski definition) is 2. The van der Waals surface area contributed by atoms with Crippen LogP contribution in [0, 0.1) is 0 Å². The third kappa shape index (κ3) is 18.7. The Morgan fingerprint density at radius 2 is 0.909 bits per heavy atom. The normalized spacial score (nSPS) is 11.1. The summed E-state index contributed by atoms with van der Waals surface area (Å²) in [6.45, 7) is 0. The minimum atomic E-state index is -0.713. The van der Waals surface area contributed by atoms with E-state index in [4.69, 9.17) is 10.2 Å². The highest BCUT2D eigenvalue weighted by molar-refractivity contribution is 5.66. The van der Waals surface area contributed by atoms with Gasteiger partial charge in [-0.15, -0.1) is 0 Å². The van der Waals surface area contributed by atoms with Crippen molar-refractivity contribution >= 4 is 11.9 Å². The first-order valence-electron chi connectivity index (χ1n) is 8.71. The van der Waals surface area contributed by atoms with E-state index in [9.17, 15) is 9.59 Å². The van der Waals surface area contributed by atoms with E-state index in [1.165, 1.54) is 38.5 Å². The van der Waals surface area contributed by atoms with Crippen LogP contribution in [0.4, 0.5) is 0 Å². The molecule has 0 amide bonds. The van der Waals surface area contributed by atoms with Gasteiger partial charge in [-0.1, -0.05) is 57.1 Å². The van der Waals surface area contributed by atoms with Gasteiger partial charge in [-0.25, -0.2) is 0 Å². The lowest BCUT2D eigenvalue weighted by atomic mass is 10.1. The lowest BCUT2D eigenvalue weighted by Gasteiger charge is -2.01. The molecule has 0 bridgehead atoms. The maximum atomic E-state index is 10.3. The van der Waals surface area contributed by atoms with Gasteiger partial charge in [0, 0.05) is 12.8 Å². The van der Waals surface area contributed by atoms with Gasteiger partial charge in [0.2, 0.25) is 0 Å². The summed E-state index contributed by atoms with van der Waals surface area (Å²) >= 11 is 0. The molecule has 4 heteroatoms. The van der Waals surface area contributed by atoms with E-state index in [1.54, 1.807) is 0 Å². The number of carboxylic acids is 2. The summed E-state index contributed by atoms with van der Waals surface area (Å²) in [5.41, 5.74) is 0. The molecule has 128 valence electrons. The fraction of sp³-hybridized carbons (Fsp3) is 0.778. The third-order valence-electron chi connectivity index (χ3n) is 3.69. The lowest BCUT2D eigenvalue weighted by molar-refractivity contribution is -0.138. The van der Waals surface area contributed by atoms with Crippen molar-refractivity contribution in [3.05, 3.63) is 12.2 Å². The molecule has 4 nitrogen and oxygen atoms in total. The number of carbonyl (C=O) groups is 2. The van der Waals surface area contributed by atoms with E-state index in [2.05, 4.69) is 12.2 Å². The topological polar surface area (TPSA) is 74.6 Å². The fourth-order valence-electron chi connectivity index (χ4n) is 2.38. The number of allylic oxidation sites excluding steroid dienone is 2. The van der Waals surface area contributed by atoms with Crippen molar-refractivity contribution in [3.63, 3.8) is 0 Å². The largest absolute Gasteiger partial charge is 0.481 e. The van der Waals surface area contributed by atoms with Crippen molar-refractivity contribution in [1.29, 1.82) is 0 Å². The fourth-order valence-corrected chi connectivity index (χ4v) is 2.38. The van der Waals surface area contributed by atoms with Crippen LogP contribution in [0.5, 0.6) is 0 Å². The van der Waals surface area contributed by atoms with Crippen molar-refractivity contribution in [1.82, 2.24) is 0 Å². The molecule has 0 spiro atoms. The molecule has 0 radical (unpaired) electrons. The van der Waals surface area contributed by atoms with Gasteiger partial charge < -0.3 is 10.2 Å². The van der Waals surface area contributed by atoms with Crippen LogP contribution in [0.25, 0.3) is 0 Å². The highest BCUT2D eigenvalue weighted by atomic mass is 16.4. The van der Waals surface area contributed by atoms with Crippen molar-refractivity contribution in [3.8, 4) is 0 Å². The highest BCUT2D eigenvalue weighted by Gasteiger charge is 1.96. The van der Waals surface area contributed by atoms with Crippen LogP contribution in [0.2, 0.25) is 0 Å². The van der Waals surface area contributed by atoms with E-state index in [0.29, 0.717) is 6.42 Å². The number of carboxylic acid groups (broad SMARTS) is 2. The van der Waals surface area contributed by atoms with Gasteiger partial charge >= 0.3 is 11.9 Å². The average molecular weight is 312 g/mol. The van der Waals surface area contributed by atoms with Crippen LogP contribution in [-0.4, -0.2) is 22.2 Å². The molecule has 0 fully saturated rings. The maximum absolute atomic E-state index is 10.3. The van der Waals surface area contributed by atoms with Gasteiger partial charge in [0.05, 0.1) is 0 Å². The summed E-state index contributed by atoms with van der Waals surface area (Å²) in [6, 6.07) is 0. The van der Waals surface area contributed by atoms with E-state index in [-0.39, 0.29) is 6.42 Å². The van der Waals surface area contributed by atoms with Crippen molar-refractivity contribution in [2.75, 3.05) is 0 Å². The van der Waals surface area contributed by atoms with Crippen LogP contribution >= 0.6 is 0 Å². The van der Waals surface area contributed by atoms with E-state index >= 15 is 0 Å². The summed E-state index contributed by atoms with van der Waals surface area (Å²) in [5.74, 6) is -1.40. The molecule has 0 unspecified atom stereocenters. The van der Waals surface area contributed by atoms with Gasteiger partial charge in [0.1, 0.15) is 0 Å². The molecule has 0 aliphatic carbocycles. The Kier molecular flexibility index (Phi) is 15.1. The Bertz CT molecular complexity index is 310. The molecule has 0 aliphatic rings. The van der Waals surface area contributed by atoms with Crippen LogP contribution in [0.1, 0.15) is 89.9 Å². The monoisotopic (exact) mass is 312 g/mol. The van der Waals surface area contributed by atoms with Crippen LogP contribution < -0.4 is 0 Å². The molecule has 0 rings (SSSR count). The summed E-state index contributed by atoms with van der Waals surface area (Å²) in [7, 11) is 0. The zero-order chi connectivity index (χ0) is 16.5. The van der Waals surface area contributed by atoms with Gasteiger partial charge in [-0.2, -0.15) is 0 Å². The average Bonchev–Trinajstić information content (AvgIpc) is 2.46. The van der Waals surface area contributed by atoms with Crippen molar-refractivity contribution in [2.24, 2.45) is 0 Å². The van der Waals surface area contributed by atoms with E-state index in [1.807, 2.05) is 0 Å². The Labute approximate surface area is 134 Å². The predicted octanol–water partition coefficient (Wildman–Crippen LogP) is 5.17. The molecular weight excluding hydrogens is 280 g/mol. The molecule has 0 aliphatic heterocycles. The first-order valence-corrected chi connectivity index (χ1v) is 8.71. The zero-order valence-corrected chi connectivity index (χ0v) is 13.8.